The summed E-state index contributed by atoms with van der Waals surface area (Å²) in [6.07, 6.45) is 1.78. The molecule has 0 radical (unpaired) electrons. The molecular formula is C13H18N4O8S. The number of nitrogens with zero attached hydrogens (tertiary/aromatic N) is 2. The molecule has 2 bridgehead atoms. The molecule has 2 atom stereocenters. The Morgan fingerprint density at radius 2 is 1.88 bits per heavy atom. The Kier molecular flexibility index (Phi) is 3.87. The van der Waals surface area contributed by atoms with Crippen molar-refractivity contribution in [3.05, 3.63) is 0 Å². The molecule has 1 spiro atoms. The van der Waals surface area contributed by atoms with Gasteiger partial charge < -0.3 is 9.64 Å². The maximum atomic E-state index is 12.5. The third kappa shape index (κ3) is 2.90. The normalized spacial score (nSPS) is 29.5. The minimum Gasteiger partial charge on any atom is -0.380 e. The summed E-state index contributed by atoms with van der Waals surface area (Å²) >= 11 is 0. The summed E-state index contributed by atoms with van der Waals surface area (Å²) in [4.78, 5) is 37.9. The molecule has 3 heterocycles. The van der Waals surface area contributed by atoms with E-state index in [1.54, 1.807) is 0 Å². The molecule has 0 aromatic carbocycles. The minimum atomic E-state index is -4.90. The van der Waals surface area contributed by atoms with E-state index in [1.807, 2.05) is 0 Å². The molecule has 4 aliphatic rings. The lowest BCUT2D eigenvalue weighted by Gasteiger charge is -2.50. The van der Waals surface area contributed by atoms with Gasteiger partial charge in [0.25, 0.3) is 5.91 Å². The lowest BCUT2D eigenvalue weighted by Crippen LogP contribution is -2.64. The van der Waals surface area contributed by atoms with Crippen molar-refractivity contribution in [1.29, 1.82) is 0 Å². The van der Waals surface area contributed by atoms with E-state index in [-0.39, 0.29) is 38.0 Å². The SMILES string of the molecule is O=C(NNC(=O)C1CC2(COC2)C2CN1C(=O)N2OS(=O)(=O)O)C1CC1. The average molecular weight is 390 g/mol. The molecule has 12 nitrogen and oxygen atoms in total. The van der Waals surface area contributed by atoms with Crippen LogP contribution in [0.15, 0.2) is 0 Å². The molecule has 4 fully saturated rings. The molecule has 3 aliphatic heterocycles. The Balaban J connectivity index is 1.51. The topological polar surface area (TPSA) is 155 Å². The number of amides is 4. The van der Waals surface area contributed by atoms with Crippen molar-refractivity contribution in [2.75, 3.05) is 19.8 Å². The Bertz CT molecular complexity index is 762. The monoisotopic (exact) mass is 390 g/mol. The van der Waals surface area contributed by atoms with Gasteiger partial charge in [-0.25, -0.2) is 4.79 Å². The fraction of sp³-hybridized carbons (Fsp3) is 0.769. The lowest BCUT2D eigenvalue weighted by molar-refractivity contribution is -0.193. The molecular weight excluding hydrogens is 372 g/mol. The highest BCUT2D eigenvalue weighted by Gasteiger charge is 2.63. The first kappa shape index (κ1) is 17.5. The molecule has 26 heavy (non-hydrogen) atoms. The van der Waals surface area contributed by atoms with E-state index >= 15 is 0 Å². The molecule has 0 aromatic heterocycles. The molecule has 4 amide bonds. The summed E-state index contributed by atoms with van der Waals surface area (Å²) < 4.78 is 40.7. The summed E-state index contributed by atoms with van der Waals surface area (Å²) in [6.45, 7) is 0.497. The number of nitrogens with one attached hydrogen (secondary N) is 2. The molecule has 4 rings (SSSR count). The van der Waals surface area contributed by atoms with Crippen LogP contribution in [0, 0.1) is 11.3 Å². The van der Waals surface area contributed by atoms with Gasteiger partial charge in [-0.3, -0.25) is 25.0 Å². The van der Waals surface area contributed by atoms with E-state index in [0.717, 1.165) is 17.7 Å². The first-order valence-electron chi connectivity index (χ1n) is 8.14. The van der Waals surface area contributed by atoms with E-state index in [1.165, 1.54) is 0 Å². The predicted molar refractivity (Wildman–Crippen MR) is 81.0 cm³/mol. The fourth-order valence-corrected chi connectivity index (χ4v) is 4.05. The minimum absolute atomic E-state index is 0.0480. The number of hydrogen-bond donors (Lipinski definition) is 3. The zero-order valence-corrected chi connectivity index (χ0v) is 14.4. The quantitative estimate of drug-likeness (QED) is 0.374. The van der Waals surface area contributed by atoms with Gasteiger partial charge in [-0.2, -0.15) is 13.5 Å². The Hall–Kier alpha value is -1.96. The molecule has 3 saturated heterocycles. The van der Waals surface area contributed by atoms with E-state index in [4.69, 9.17) is 9.29 Å². The number of ether oxygens (including phenoxy) is 1. The highest BCUT2D eigenvalue weighted by Crippen LogP contribution is 2.47. The third-order valence-corrected chi connectivity index (χ3v) is 5.63. The van der Waals surface area contributed by atoms with Crippen molar-refractivity contribution in [3.63, 3.8) is 0 Å². The Morgan fingerprint density at radius 3 is 2.42 bits per heavy atom. The smallest absolute Gasteiger partial charge is 0.380 e. The summed E-state index contributed by atoms with van der Waals surface area (Å²) in [5, 5.41) is 0.591. The second-order valence-electron chi connectivity index (χ2n) is 7.11. The summed E-state index contributed by atoms with van der Waals surface area (Å²) in [5.41, 5.74) is 4.01. The zero-order chi connectivity index (χ0) is 18.7. The van der Waals surface area contributed by atoms with Crippen LogP contribution in [0.3, 0.4) is 0 Å². The molecule has 1 aliphatic carbocycles. The van der Waals surface area contributed by atoms with Crippen LogP contribution < -0.4 is 10.9 Å². The van der Waals surface area contributed by atoms with Crippen molar-refractivity contribution in [2.24, 2.45) is 11.3 Å². The van der Waals surface area contributed by atoms with Crippen LogP contribution >= 0.6 is 0 Å². The summed E-state index contributed by atoms with van der Waals surface area (Å²) in [5.74, 6) is -0.951. The highest BCUT2D eigenvalue weighted by molar-refractivity contribution is 7.80. The van der Waals surface area contributed by atoms with Gasteiger partial charge in [0.05, 0.1) is 19.3 Å². The molecule has 2 unspecified atom stereocenters. The van der Waals surface area contributed by atoms with E-state index in [0.29, 0.717) is 5.06 Å². The second-order valence-corrected chi connectivity index (χ2v) is 8.11. The van der Waals surface area contributed by atoms with Crippen LogP contribution in [0.2, 0.25) is 0 Å². The highest BCUT2D eigenvalue weighted by atomic mass is 32.3. The van der Waals surface area contributed by atoms with E-state index in [2.05, 4.69) is 15.1 Å². The maximum absolute atomic E-state index is 12.5. The zero-order valence-electron chi connectivity index (χ0n) is 13.6. The van der Waals surface area contributed by atoms with Gasteiger partial charge >= 0.3 is 16.4 Å². The van der Waals surface area contributed by atoms with E-state index < -0.39 is 39.8 Å². The Morgan fingerprint density at radius 1 is 1.23 bits per heavy atom. The molecule has 13 heteroatoms. The standard InChI is InChI=1S/C13H18N4O8S/c18-10(7-1-2-7)14-15-11(19)8-3-13(5-24-6-13)9-4-16(8)12(20)17(9)25-26(21,22)23/h7-9H,1-6H2,(H,14,18)(H,15,19)(H,21,22,23). The van der Waals surface area contributed by atoms with Crippen LogP contribution in [0.5, 0.6) is 0 Å². The summed E-state index contributed by atoms with van der Waals surface area (Å²) in [7, 11) is -4.90. The predicted octanol–water partition coefficient (Wildman–Crippen LogP) is -1.83. The van der Waals surface area contributed by atoms with Crippen LogP contribution in [-0.2, 0) is 29.0 Å². The number of carbonyl (C=O) groups is 3. The maximum Gasteiger partial charge on any atom is 0.418 e. The molecule has 144 valence electrons. The Labute approximate surface area is 148 Å². The lowest BCUT2D eigenvalue weighted by atomic mass is 9.71. The van der Waals surface area contributed by atoms with Crippen molar-refractivity contribution >= 4 is 28.2 Å². The number of hydroxylamine groups is 2. The van der Waals surface area contributed by atoms with Crippen LogP contribution in [0.25, 0.3) is 0 Å². The van der Waals surface area contributed by atoms with Gasteiger partial charge in [-0.05, 0) is 19.3 Å². The van der Waals surface area contributed by atoms with E-state index in [9.17, 15) is 22.8 Å². The first-order valence-corrected chi connectivity index (χ1v) is 9.51. The third-order valence-electron chi connectivity index (χ3n) is 5.28. The van der Waals surface area contributed by atoms with Gasteiger partial charge in [0.15, 0.2) is 0 Å². The number of hydrazine groups is 1. The fourth-order valence-electron chi connectivity index (χ4n) is 3.68. The number of carbonyl (C=O) groups excluding carboxylic acids is 3. The number of urea groups is 1. The second kappa shape index (κ2) is 5.77. The number of rotatable bonds is 4. The average Bonchev–Trinajstić information content (AvgIpc) is 3.34. The largest absolute Gasteiger partial charge is 0.418 e. The molecule has 1 saturated carbocycles. The van der Waals surface area contributed by atoms with Crippen LogP contribution in [0.1, 0.15) is 19.3 Å². The van der Waals surface area contributed by atoms with Crippen molar-refractivity contribution in [2.45, 2.75) is 31.3 Å². The number of piperidine rings is 1. The number of hydrogen-bond acceptors (Lipinski definition) is 7. The van der Waals surface area contributed by atoms with Crippen molar-refractivity contribution < 1.29 is 36.4 Å². The van der Waals surface area contributed by atoms with Crippen LogP contribution in [-0.4, -0.2) is 72.6 Å². The van der Waals surface area contributed by atoms with Gasteiger partial charge in [0, 0.05) is 17.9 Å². The van der Waals surface area contributed by atoms with Crippen LogP contribution in [0.4, 0.5) is 4.79 Å². The van der Waals surface area contributed by atoms with Gasteiger partial charge in [-0.15, -0.1) is 4.28 Å². The van der Waals surface area contributed by atoms with Gasteiger partial charge in [0.1, 0.15) is 6.04 Å². The summed E-state index contributed by atoms with van der Waals surface area (Å²) in [6, 6.07) is -2.43. The van der Waals surface area contributed by atoms with Crippen molar-refractivity contribution in [1.82, 2.24) is 20.8 Å². The van der Waals surface area contributed by atoms with Gasteiger partial charge in [0.2, 0.25) is 5.91 Å². The molecule has 0 aromatic rings. The first-order chi connectivity index (χ1) is 12.2. The number of fused-ring (bicyclic) bond motifs is 3. The van der Waals surface area contributed by atoms with Gasteiger partial charge in [-0.1, -0.05) is 0 Å². The molecule has 3 N–H and O–H groups in total. The van der Waals surface area contributed by atoms with Crippen molar-refractivity contribution in [3.8, 4) is 0 Å².